The number of Topliss-reactive ketones (excluding diaryl/α,β-unsaturated/α-hetero) is 1. The highest BCUT2D eigenvalue weighted by atomic mass is 32.2. The van der Waals surface area contributed by atoms with Gasteiger partial charge in [0.2, 0.25) is 0 Å². The lowest BCUT2D eigenvalue weighted by molar-refractivity contribution is -0.130. The van der Waals surface area contributed by atoms with Gasteiger partial charge >= 0.3 is 0 Å². The molecule has 1 aromatic rings. The summed E-state index contributed by atoms with van der Waals surface area (Å²) in [5.74, 6) is -0.730. The zero-order valence-electron chi connectivity index (χ0n) is 8.62. The summed E-state index contributed by atoms with van der Waals surface area (Å²) in [4.78, 5) is 11.1. The molecule has 0 amide bonds. The van der Waals surface area contributed by atoms with Crippen LogP contribution in [0.4, 0.5) is 0 Å². The Bertz CT molecular complexity index is 474. The molecule has 1 aromatic carbocycles. The van der Waals surface area contributed by atoms with Crippen LogP contribution in [0, 0.1) is 0 Å². The Labute approximate surface area is 93.3 Å². The third kappa shape index (κ3) is 2.88. The van der Waals surface area contributed by atoms with Gasteiger partial charge in [0, 0.05) is 6.26 Å². The number of rotatable bonds is 4. The molecule has 0 bridgehead atoms. The van der Waals surface area contributed by atoms with E-state index >= 15 is 0 Å². The normalized spacial score (nSPS) is 13.4. The van der Waals surface area contributed by atoms with Gasteiger partial charge in [0.05, 0.1) is 4.90 Å². The molecule has 0 aromatic heterocycles. The first-order valence-corrected chi connectivity index (χ1v) is 6.37. The van der Waals surface area contributed by atoms with Gasteiger partial charge in [-0.1, -0.05) is 12.1 Å². The third-order valence-electron chi connectivity index (χ3n) is 2.08. The first kappa shape index (κ1) is 12.8. The van der Waals surface area contributed by atoms with E-state index in [1.807, 2.05) is 0 Å². The molecule has 0 radical (unpaired) electrons. The quantitative estimate of drug-likeness (QED) is 0.757. The molecule has 0 aliphatic rings. The Kier molecular flexibility index (Phi) is 3.79. The maximum Gasteiger partial charge on any atom is 0.191 e. The van der Waals surface area contributed by atoms with Crippen molar-refractivity contribution in [1.82, 2.24) is 0 Å². The number of carbonyl (C=O) groups is 1. The summed E-state index contributed by atoms with van der Waals surface area (Å²) < 4.78 is 22.3. The minimum Gasteiger partial charge on any atom is -0.388 e. The molecule has 0 heterocycles. The van der Waals surface area contributed by atoms with Crippen molar-refractivity contribution < 1.29 is 23.4 Å². The van der Waals surface area contributed by atoms with Crippen molar-refractivity contribution in [3.8, 4) is 0 Å². The van der Waals surface area contributed by atoms with Gasteiger partial charge in [0.15, 0.2) is 15.6 Å². The van der Waals surface area contributed by atoms with Crippen LogP contribution < -0.4 is 0 Å². The second kappa shape index (κ2) is 4.73. The molecule has 0 aliphatic heterocycles. The molecule has 0 aliphatic carbocycles. The van der Waals surface area contributed by atoms with E-state index in [2.05, 4.69) is 0 Å². The molecule has 16 heavy (non-hydrogen) atoms. The van der Waals surface area contributed by atoms with E-state index in [0.717, 1.165) is 6.26 Å². The van der Waals surface area contributed by atoms with E-state index in [4.69, 9.17) is 5.11 Å². The van der Waals surface area contributed by atoms with Crippen molar-refractivity contribution in [2.24, 2.45) is 0 Å². The SMILES string of the molecule is CS(=O)(=O)c1ccc(C(O)C(=O)CO)cc1. The molecule has 0 saturated carbocycles. The Morgan fingerprint density at radius 3 is 2.19 bits per heavy atom. The predicted molar refractivity (Wildman–Crippen MR) is 56.6 cm³/mol. The zero-order chi connectivity index (χ0) is 12.3. The topological polar surface area (TPSA) is 91.7 Å². The van der Waals surface area contributed by atoms with E-state index in [-0.39, 0.29) is 10.5 Å². The molecule has 0 saturated heterocycles. The van der Waals surface area contributed by atoms with E-state index in [9.17, 15) is 18.3 Å². The molecule has 5 nitrogen and oxygen atoms in total. The van der Waals surface area contributed by atoms with Crippen LogP contribution in [0.5, 0.6) is 0 Å². The standard InChI is InChI=1S/C10H12O5S/c1-16(14,15)8-4-2-7(3-5-8)10(13)9(12)6-11/h2-5,10-11,13H,6H2,1H3. The van der Waals surface area contributed by atoms with E-state index in [0.29, 0.717) is 0 Å². The lowest BCUT2D eigenvalue weighted by atomic mass is 10.1. The first-order valence-electron chi connectivity index (χ1n) is 4.48. The van der Waals surface area contributed by atoms with Crippen LogP contribution in [0.1, 0.15) is 11.7 Å². The predicted octanol–water partition coefficient (Wildman–Crippen LogP) is -0.315. The lowest BCUT2D eigenvalue weighted by Crippen LogP contribution is -2.15. The summed E-state index contributed by atoms with van der Waals surface area (Å²) in [5.41, 5.74) is 0.256. The fourth-order valence-electron chi connectivity index (χ4n) is 1.17. The van der Waals surface area contributed by atoms with Crippen molar-refractivity contribution in [2.45, 2.75) is 11.0 Å². The third-order valence-corrected chi connectivity index (χ3v) is 3.21. The lowest BCUT2D eigenvalue weighted by Gasteiger charge is -2.08. The van der Waals surface area contributed by atoms with E-state index < -0.39 is 28.3 Å². The summed E-state index contributed by atoms with van der Waals surface area (Å²) >= 11 is 0. The van der Waals surface area contributed by atoms with Crippen molar-refractivity contribution in [3.63, 3.8) is 0 Å². The van der Waals surface area contributed by atoms with Crippen LogP contribution in [0.3, 0.4) is 0 Å². The number of benzene rings is 1. The Hall–Kier alpha value is -1.24. The largest absolute Gasteiger partial charge is 0.388 e. The first-order chi connectivity index (χ1) is 7.36. The van der Waals surface area contributed by atoms with Gasteiger partial charge in [0.25, 0.3) is 0 Å². The summed E-state index contributed by atoms with van der Waals surface area (Å²) in [5, 5.41) is 18.0. The van der Waals surface area contributed by atoms with Crippen LogP contribution in [0.25, 0.3) is 0 Å². The van der Waals surface area contributed by atoms with E-state index in [1.54, 1.807) is 0 Å². The van der Waals surface area contributed by atoms with Gasteiger partial charge in [-0.3, -0.25) is 4.79 Å². The van der Waals surface area contributed by atoms with Crippen LogP contribution in [0.2, 0.25) is 0 Å². The monoisotopic (exact) mass is 244 g/mol. The second-order valence-corrected chi connectivity index (χ2v) is 5.38. The van der Waals surface area contributed by atoms with Gasteiger partial charge in [0.1, 0.15) is 12.7 Å². The van der Waals surface area contributed by atoms with Crippen molar-refractivity contribution in [3.05, 3.63) is 29.8 Å². The molecule has 1 atom stereocenters. The molecular formula is C10H12O5S. The number of aliphatic hydroxyl groups is 2. The molecule has 1 unspecified atom stereocenters. The summed E-state index contributed by atoms with van der Waals surface area (Å²) in [6.07, 6.45) is -0.351. The van der Waals surface area contributed by atoms with Crippen molar-refractivity contribution >= 4 is 15.6 Å². The van der Waals surface area contributed by atoms with Gasteiger partial charge in [-0.05, 0) is 17.7 Å². The molecule has 1 rings (SSSR count). The van der Waals surface area contributed by atoms with Crippen molar-refractivity contribution in [1.29, 1.82) is 0 Å². The van der Waals surface area contributed by atoms with Gasteiger partial charge < -0.3 is 10.2 Å². The average Bonchev–Trinajstić information content (AvgIpc) is 2.26. The number of sulfone groups is 1. The zero-order valence-corrected chi connectivity index (χ0v) is 9.44. The Morgan fingerprint density at radius 1 is 1.31 bits per heavy atom. The summed E-state index contributed by atoms with van der Waals surface area (Å²) in [6.45, 7) is -0.755. The van der Waals surface area contributed by atoms with Crippen LogP contribution in [-0.2, 0) is 14.6 Å². The highest BCUT2D eigenvalue weighted by Gasteiger charge is 2.16. The van der Waals surface area contributed by atoms with Crippen LogP contribution in [0.15, 0.2) is 29.2 Å². The summed E-state index contributed by atoms with van der Waals surface area (Å²) in [6, 6.07) is 5.29. The number of ketones is 1. The molecule has 88 valence electrons. The van der Waals surface area contributed by atoms with Crippen LogP contribution >= 0.6 is 0 Å². The van der Waals surface area contributed by atoms with Gasteiger partial charge in [-0.25, -0.2) is 8.42 Å². The molecule has 0 fully saturated rings. The number of carbonyl (C=O) groups excluding carboxylic acids is 1. The maximum absolute atomic E-state index is 11.1. The fraction of sp³-hybridized carbons (Fsp3) is 0.300. The van der Waals surface area contributed by atoms with E-state index in [1.165, 1.54) is 24.3 Å². The molecule has 0 spiro atoms. The maximum atomic E-state index is 11.1. The fourth-order valence-corrected chi connectivity index (χ4v) is 1.80. The molecule has 2 N–H and O–H groups in total. The summed E-state index contributed by atoms with van der Waals surface area (Å²) in [7, 11) is -3.29. The number of aliphatic hydroxyl groups excluding tert-OH is 2. The van der Waals surface area contributed by atoms with Crippen LogP contribution in [-0.4, -0.2) is 37.3 Å². The number of hydrogen-bond acceptors (Lipinski definition) is 5. The minimum atomic E-state index is -3.29. The number of hydrogen-bond donors (Lipinski definition) is 2. The Morgan fingerprint density at radius 2 is 1.81 bits per heavy atom. The highest BCUT2D eigenvalue weighted by Crippen LogP contribution is 2.16. The van der Waals surface area contributed by atoms with Gasteiger partial charge in [-0.2, -0.15) is 0 Å². The highest BCUT2D eigenvalue weighted by molar-refractivity contribution is 7.90. The second-order valence-electron chi connectivity index (χ2n) is 3.37. The smallest absolute Gasteiger partial charge is 0.191 e. The van der Waals surface area contributed by atoms with Gasteiger partial charge in [-0.15, -0.1) is 0 Å². The minimum absolute atomic E-state index is 0.111. The van der Waals surface area contributed by atoms with Crippen molar-refractivity contribution in [2.75, 3.05) is 12.9 Å². The molecular weight excluding hydrogens is 232 g/mol. The Balaban J connectivity index is 3.00. The molecule has 6 heteroatoms. The average molecular weight is 244 g/mol.